The SMILES string of the molecule is CCCCOOP(=O)(CN1C(=O)NC2(CCCCC2)C1=O)OOCCCC. The first kappa shape index (κ1) is 22.3. The summed E-state index contributed by atoms with van der Waals surface area (Å²) in [5.74, 6) is -0.387. The molecule has 1 saturated carbocycles. The van der Waals surface area contributed by atoms with Crippen LogP contribution in [0.2, 0.25) is 0 Å². The topological polar surface area (TPSA) is 103 Å². The fraction of sp³-hybridized carbons (Fsp3) is 0.882. The van der Waals surface area contributed by atoms with Gasteiger partial charge in [0.1, 0.15) is 11.8 Å². The highest BCUT2D eigenvalue weighted by molar-refractivity contribution is 7.53. The molecule has 1 aliphatic heterocycles. The van der Waals surface area contributed by atoms with E-state index in [1.54, 1.807) is 0 Å². The summed E-state index contributed by atoms with van der Waals surface area (Å²) in [6, 6.07) is -0.587. The predicted octanol–water partition coefficient (Wildman–Crippen LogP) is 3.89. The zero-order valence-electron chi connectivity index (χ0n) is 16.2. The number of unbranched alkanes of at least 4 members (excludes halogenated alkanes) is 2. The van der Waals surface area contributed by atoms with Gasteiger partial charge in [-0.15, -0.1) is 9.35 Å². The Hall–Kier alpha value is -0.990. The van der Waals surface area contributed by atoms with Gasteiger partial charge in [0.2, 0.25) is 0 Å². The van der Waals surface area contributed by atoms with Crippen LogP contribution in [-0.4, -0.2) is 41.9 Å². The number of rotatable bonds is 12. The lowest BCUT2D eigenvalue weighted by Gasteiger charge is -2.30. The molecule has 2 rings (SSSR count). The Bertz CT molecular complexity index is 535. The van der Waals surface area contributed by atoms with Gasteiger partial charge < -0.3 is 5.32 Å². The minimum Gasteiger partial charge on any atom is -0.323 e. The van der Waals surface area contributed by atoms with E-state index < -0.39 is 25.5 Å². The summed E-state index contributed by atoms with van der Waals surface area (Å²) in [5, 5.41) is 2.77. The average Bonchev–Trinajstić information content (AvgIpc) is 2.87. The number of imide groups is 1. The van der Waals surface area contributed by atoms with Crippen LogP contribution in [0.3, 0.4) is 0 Å². The number of amides is 3. The van der Waals surface area contributed by atoms with Crippen LogP contribution in [0.15, 0.2) is 0 Å². The lowest BCUT2D eigenvalue weighted by molar-refractivity contribution is -0.268. The quantitative estimate of drug-likeness (QED) is 0.172. The van der Waals surface area contributed by atoms with E-state index in [1.807, 2.05) is 13.8 Å². The molecule has 1 saturated heterocycles. The van der Waals surface area contributed by atoms with Crippen molar-refractivity contribution >= 4 is 19.5 Å². The van der Waals surface area contributed by atoms with Crippen molar-refractivity contribution in [3.63, 3.8) is 0 Å². The first-order valence-corrected chi connectivity index (χ1v) is 11.5. The Kier molecular flexibility index (Phi) is 8.69. The van der Waals surface area contributed by atoms with E-state index in [2.05, 4.69) is 5.32 Å². The van der Waals surface area contributed by atoms with Crippen LogP contribution < -0.4 is 5.32 Å². The molecule has 1 heterocycles. The van der Waals surface area contributed by atoms with Gasteiger partial charge >= 0.3 is 13.6 Å². The van der Waals surface area contributed by atoms with Crippen molar-refractivity contribution in [2.75, 3.05) is 19.5 Å². The first-order valence-electron chi connectivity index (χ1n) is 9.82. The van der Waals surface area contributed by atoms with E-state index in [9.17, 15) is 14.2 Å². The summed E-state index contributed by atoms with van der Waals surface area (Å²) >= 11 is 0. The van der Waals surface area contributed by atoms with E-state index >= 15 is 0 Å². The van der Waals surface area contributed by atoms with E-state index in [1.165, 1.54) is 0 Å². The molecule has 1 spiro atoms. The monoisotopic (exact) mass is 406 g/mol. The molecule has 0 aromatic rings. The van der Waals surface area contributed by atoms with Gasteiger partial charge in [-0.25, -0.2) is 19.5 Å². The maximum absolute atomic E-state index is 13.0. The van der Waals surface area contributed by atoms with Crippen LogP contribution in [0.4, 0.5) is 4.79 Å². The van der Waals surface area contributed by atoms with Crippen LogP contribution in [0.25, 0.3) is 0 Å². The summed E-state index contributed by atoms with van der Waals surface area (Å²) < 4.78 is 23.0. The van der Waals surface area contributed by atoms with Gasteiger partial charge in [-0.05, 0) is 25.7 Å². The molecule has 0 aromatic heterocycles. The van der Waals surface area contributed by atoms with Crippen molar-refractivity contribution in [3.8, 4) is 0 Å². The van der Waals surface area contributed by atoms with Gasteiger partial charge in [-0.3, -0.25) is 9.36 Å². The van der Waals surface area contributed by atoms with Crippen LogP contribution in [-0.2, 0) is 28.5 Å². The van der Waals surface area contributed by atoms with Crippen LogP contribution in [0.5, 0.6) is 0 Å². The predicted molar refractivity (Wildman–Crippen MR) is 97.6 cm³/mol. The molecule has 10 heteroatoms. The maximum Gasteiger partial charge on any atom is 0.403 e. The number of nitrogens with zero attached hydrogens (tertiary/aromatic N) is 1. The lowest BCUT2D eigenvalue weighted by atomic mass is 9.82. The number of nitrogens with one attached hydrogen (secondary N) is 1. The minimum absolute atomic E-state index is 0.225. The highest BCUT2D eigenvalue weighted by Crippen LogP contribution is 2.50. The van der Waals surface area contributed by atoms with E-state index in [-0.39, 0.29) is 19.1 Å². The zero-order chi connectivity index (χ0) is 19.8. The molecule has 156 valence electrons. The fourth-order valence-electron chi connectivity index (χ4n) is 3.17. The second kappa shape index (κ2) is 10.5. The average molecular weight is 406 g/mol. The molecule has 27 heavy (non-hydrogen) atoms. The summed E-state index contributed by atoms with van der Waals surface area (Å²) in [5.41, 5.74) is -0.897. The van der Waals surface area contributed by atoms with Crippen molar-refractivity contribution in [2.45, 2.75) is 77.2 Å². The Labute approximate surface area is 160 Å². The molecule has 0 unspecified atom stereocenters. The van der Waals surface area contributed by atoms with Gasteiger partial charge in [0.05, 0.1) is 13.2 Å². The Morgan fingerprint density at radius 2 is 1.56 bits per heavy atom. The molecule has 2 aliphatic rings. The first-order chi connectivity index (χ1) is 13.0. The molecule has 0 radical (unpaired) electrons. The van der Waals surface area contributed by atoms with Gasteiger partial charge in [-0.1, -0.05) is 46.0 Å². The number of hydrogen-bond donors (Lipinski definition) is 1. The van der Waals surface area contributed by atoms with E-state index in [0.29, 0.717) is 25.7 Å². The molecule has 1 aliphatic carbocycles. The van der Waals surface area contributed by atoms with Crippen LogP contribution in [0, 0.1) is 0 Å². The van der Waals surface area contributed by atoms with Gasteiger partial charge in [-0.2, -0.15) is 0 Å². The number of hydrogen-bond acceptors (Lipinski definition) is 7. The lowest BCUT2D eigenvalue weighted by Crippen LogP contribution is -2.48. The molecule has 3 amide bonds. The fourth-order valence-corrected chi connectivity index (χ4v) is 4.37. The van der Waals surface area contributed by atoms with Crippen molar-refractivity contribution < 1.29 is 33.3 Å². The van der Waals surface area contributed by atoms with Crippen molar-refractivity contribution in [1.82, 2.24) is 10.2 Å². The van der Waals surface area contributed by atoms with Crippen LogP contribution in [0.1, 0.15) is 71.6 Å². The normalized spacial score (nSPS) is 19.7. The van der Waals surface area contributed by atoms with Crippen molar-refractivity contribution in [2.24, 2.45) is 0 Å². The number of carbonyl (C=O) groups excluding carboxylic acids is 2. The third-order valence-corrected chi connectivity index (χ3v) is 6.06. The minimum atomic E-state index is -3.99. The molecule has 1 N–H and O–H groups in total. The smallest absolute Gasteiger partial charge is 0.323 e. The maximum atomic E-state index is 13.0. The van der Waals surface area contributed by atoms with Gasteiger partial charge in [0.15, 0.2) is 0 Å². The molecule has 0 bridgehead atoms. The number of carbonyl (C=O) groups is 2. The van der Waals surface area contributed by atoms with Crippen molar-refractivity contribution in [1.29, 1.82) is 0 Å². The Balaban J connectivity index is 2.02. The third kappa shape index (κ3) is 5.99. The summed E-state index contributed by atoms with van der Waals surface area (Å²) in [6.45, 7) is 4.40. The molecular formula is C17H31N2O7P. The Morgan fingerprint density at radius 1 is 1.00 bits per heavy atom. The van der Waals surface area contributed by atoms with Gasteiger partial charge in [0, 0.05) is 0 Å². The highest BCUT2D eigenvalue weighted by Gasteiger charge is 2.53. The molecule has 0 atom stereocenters. The summed E-state index contributed by atoms with van der Waals surface area (Å²) in [7, 11) is -3.99. The second-order valence-electron chi connectivity index (χ2n) is 7.06. The largest absolute Gasteiger partial charge is 0.403 e. The Morgan fingerprint density at radius 3 is 2.07 bits per heavy atom. The molecule has 0 aromatic carbocycles. The zero-order valence-corrected chi connectivity index (χ0v) is 17.1. The highest BCUT2D eigenvalue weighted by atomic mass is 31.2. The van der Waals surface area contributed by atoms with Gasteiger partial charge in [0.25, 0.3) is 5.91 Å². The van der Waals surface area contributed by atoms with E-state index in [0.717, 1.165) is 37.0 Å². The van der Waals surface area contributed by atoms with Crippen molar-refractivity contribution in [3.05, 3.63) is 0 Å². The standard InChI is InChI=1S/C17H31N2O7P/c1-3-5-12-23-25-27(22,26-24-13-6-4-2)14-19-15(20)17(18-16(19)21)10-8-7-9-11-17/h3-14H2,1-2H3,(H,18,21). The summed E-state index contributed by atoms with van der Waals surface area (Å²) in [4.78, 5) is 36.1. The molecular weight excluding hydrogens is 375 g/mol. The van der Waals surface area contributed by atoms with Crippen LogP contribution >= 0.6 is 7.60 Å². The molecule has 9 nitrogen and oxygen atoms in total. The number of urea groups is 1. The third-order valence-electron chi connectivity index (χ3n) is 4.76. The second-order valence-corrected chi connectivity index (χ2v) is 8.86. The van der Waals surface area contributed by atoms with E-state index in [4.69, 9.17) is 19.1 Å². The summed E-state index contributed by atoms with van der Waals surface area (Å²) in [6.07, 6.45) is 6.56. The molecule has 2 fully saturated rings.